The number of hydrogen-bond donors (Lipinski definition) is 2. The van der Waals surface area contributed by atoms with Crippen molar-refractivity contribution in [3.8, 4) is 0 Å². The van der Waals surface area contributed by atoms with Gasteiger partial charge in [0.2, 0.25) is 0 Å². The van der Waals surface area contributed by atoms with Gasteiger partial charge in [0.05, 0.1) is 10.4 Å². The number of hydrogen-bond acceptors (Lipinski definition) is 3. The molecule has 2 rings (SSSR count). The molecule has 1 unspecified atom stereocenters. The highest BCUT2D eigenvalue weighted by atomic mass is 32.1. The Kier molecular flexibility index (Phi) is 2.59. The summed E-state index contributed by atoms with van der Waals surface area (Å²) in [6.07, 6.45) is 2.22. The number of rotatable bonds is 2. The lowest BCUT2D eigenvalue weighted by Gasteiger charge is -2.24. The highest BCUT2D eigenvalue weighted by Crippen LogP contribution is 2.50. The van der Waals surface area contributed by atoms with Crippen molar-refractivity contribution < 1.29 is 15.0 Å². The lowest BCUT2D eigenvalue weighted by Crippen LogP contribution is -2.24. The van der Waals surface area contributed by atoms with Crippen LogP contribution in [0.1, 0.15) is 48.3 Å². The molecule has 1 atom stereocenters. The summed E-state index contributed by atoms with van der Waals surface area (Å²) in [5.41, 5.74) is -0.593. The number of aliphatic hydroxyl groups is 1. The van der Waals surface area contributed by atoms with E-state index in [-0.39, 0.29) is 11.0 Å². The Balaban J connectivity index is 2.38. The van der Waals surface area contributed by atoms with Gasteiger partial charge >= 0.3 is 5.97 Å². The van der Waals surface area contributed by atoms with E-state index < -0.39 is 11.6 Å². The molecule has 1 aromatic rings. The molecule has 2 N–H and O–H groups in total. The van der Waals surface area contributed by atoms with Crippen LogP contribution in [0.2, 0.25) is 0 Å². The number of aromatic carboxylic acids is 1. The minimum Gasteiger partial charge on any atom is -0.478 e. The second kappa shape index (κ2) is 3.57. The summed E-state index contributed by atoms with van der Waals surface area (Å²) in [4.78, 5) is 11.7. The Labute approximate surface area is 98.7 Å². The fourth-order valence-electron chi connectivity index (χ4n) is 2.55. The molecule has 0 aliphatic heterocycles. The lowest BCUT2D eigenvalue weighted by atomic mass is 9.88. The highest BCUT2D eigenvalue weighted by molar-refractivity contribution is 7.10. The quantitative estimate of drug-likeness (QED) is 0.835. The Hall–Kier alpha value is -0.870. The summed E-state index contributed by atoms with van der Waals surface area (Å²) in [7, 11) is 0. The first-order valence-corrected chi connectivity index (χ1v) is 6.26. The smallest absolute Gasteiger partial charge is 0.336 e. The molecule has 1 fully saturated rings. The molecule has 4 heteroatoms. The zero-order chi connectivity index (χ0) is 12.0. The van der Waals surface area contributed by atoms with E-state index in [0.717, 1.165) is 6.42 Å². The van der Waals surface area contributed by atoms with Crippen molar-refractivity contribution in [2.75, 3.05) is 0 Å². The van der Waals surface area contributed by atoms with Gasteiger partial charge in [0, 0.05) is 0 Å². The molecular weight excluding hydrogens is 224 g/mol. The van der Waals surface area contributed by atoms with Gasteiger partial charge in [0.15, 0.2) is 0 Å². The Morgan fingerprint density at radius 3 is 2.62 bits per heavy atom. The van der Waals surface area contributed by atoms with Crippen LogP contribution in [-0.4, -0.2) is 16.2 Å². The van der Waals surface area contributed by atoms with E-state index >= 15 is 0 Å². The van der Waals surface area contributed by atoms with E-state index in [2.05, 4.69) is 13.8 Å². The van der Waals surface area contributed by atoms with Crippen molar-refractivity contribution in [1.29, 1.82) is 0 Å². The molecule has 0 bridgehead atoms. The second-order valence-corrected chi connectivity index (χ2v) is 6.26. The fraction of sp³-hybridized carbons (Fsp3) is 0.583. The van der Waals surface area contributed by atoms with Crippen LogP contribution >= 0.6 is 11.3 Å². The van der Waals surface area contributed by atoms with Crippen molar-refractivity contribution >= 4 is 17.3 Å². The second-order valence-electron chi connectivity index (χ2n) is 5.34. The first-order chi connectivity index (χ1) is 7.34. The van der Waals surface area contributed by atoms with Gasteiger partial charge in [-0.05, 0) is 36.1 Å². The monoisotopic (exact) mass is 240 g/mol. The molecular formula is C12H16O3S. The van der Waals surface area contributed by atoms with Gasteiger partial charge < -0.3 is 10.2 Å². The van der Waals surface area contributed by atoms with Crippen molar-refractivity contribution in [2.45, 2.75) is 38.7 Å². The molecule has 0 saturated heterocycles. The van der Waals surface area contributed by atoms with E-state index in [0.29, 0.717) is 17.7 Å². The maximum absolute atomic E-state index is 11.0. The first kappa shape index (κ1) is 11.6. The zero-order valence-electron chi connectivity index (χ0n) is 9.49. The Morgan fingerprint density at radius 2 is 2.12 bits per heavy atom. The molecule has 0 amide bonds. The van der Waals surface area contributed by atoms with E-state index in [1.165, 1.54) is 11.3 Å². The van der Waals surface area contributed by atoms with Gasteiger partial charge in [-0.3, -0.25) is 0 Å². The third kappa shape index (κ3) is 1.87. The maximum atomic E-state index is 11.0. The third-order valence-corrected chi connectivity index (χ3v) is 4.41. The standard InChI is InChI=1S/C12H16O3S/c1-11(2)4-5-12(15,7-11)9-8(10(13)14)3-6-16-9/h3,6,15H,4-5,7H2,1-2H3,(H,13,14). The minimum atomic E-state index is -0.950. The Bertz CT molecular complexity index is 422. The third-order valence-electron chi connectivity index (χ3n) is 3.30. The van der Waals surface area contributed by atoms with Crippen molar-refractivity contribution in [2.24, 2.45) is 5.41 Å². The van der Waals surface area contributed by atoms with E-state index in [4.69, 9.17) is 5.11 Å². The highest BCUT2D eigenvalue weighted by Gasteiger charge is 2.45. The topological polar surface area (TPSA) is 57.5 Å². The molecule has 0 spiro atoms. The molecule has 16 heavy (non-hydrogen) atoms. The molecule has 1 aromatic heterocycles. The van der Waals surface area contributed by atoms with Gasteiger partial charge in [-0.15, -0.1) is 11.3 Å². The summed E-state index contributed by atoms with van der Waals surface area (Å²) in [5.74, 6) is -0.950. The summed E-state index contributed by atoms with van der Waals surface area (Å²) in [5, 5.41) is 21.4. The molecule has 1 saturated carbocycles. The van der Waals surface area contributed by atoms with Crippen LogP contribution in [0, 0.1) is 5.41 Å². The van der Waals surface area contributed by atoms with Crippen LogP contribution in [0.4, 0.5) is 0 Å². The molecule has 0 aromatic carbocycles. The van der Waals surface area contributed by atoms with Crippen LogP contribution in [-0.2, 0) is 5.60 Å². The number of thiophene rings is 1. The van der Waals surface area contributed by atoms with Crippen molar-refractivity contribution in [1.82, 2.24) is 0 Å². The summed E-state index contributed by atoms with van der Waals surface area (Å²) in [6.45, 7) is 4.22. The van der Waals surface area contributed by atoms with Crippen LogP contribution in [0.15, 0.2) is 11.4 Å². The number of carboxylic acid groups (broad SMARTS) is 1. The Morgan fingerprint density at radius 1 is 1.44 bits per heavy atom. The SMILES string of the molecule is CC1(C)CCC(O)(c2sccc2C(=O)O)C1. The molecule has 88 valence electrons. The average Bonchev–Trinajstić information content (AvgIpc) is 2.71. The van der Waals surface area contributed by atoms with Crippen LogP contribution in [0.5, 0.6) is 0 Å². The summed E-state index contributed by atoms with van der Waals surface area (Å²) in [6, 6.07) is 1.58. The minimum absolute atomic E-state index is 0.0918. The van der Waals surface area contributed by atoms with Gasteiger partial charge in [-0.2, -0.15) is 0 Å². The first-order valence-electron chi connectivity index (χ1n) is 5.38. The van der Waals surface area contributed by atoms with Crippen LogP contribution < -0.4 is 0 Å². The van der Waals surface area contributed by atoms with E-state index in [9.17, 15) is 9.90 Å². The largest absolute Gasteiger partial charge is 0.478 e. The van der Waals surface area contributed by atoms with Crippen LogP contribution in [0.3, 0.4) is 0 Å². The predicted octanol–water partition coefficient (Wildman–Crippen LogP) is 2.84. The fourth-order valence-corrected chi connectivity index (χ4v) is 3.56. The average molecular weight is 240 g/mol. The number of carboxylic acids is 1. The summed E-state index contributed by atoms with van der Waals surface area (Å²) < 4.78 is 0. The van der Waals surface area contributed by atoms with Crippen molar-refractivity contribution in [3.63, 3.8) is 0 Å². The van der Waals surface area contributed by atoms with E-state index in [1.54, 1.807) is 11.4 Å². The summed E-state index contributed by atoms with van der Waals surface area (Å²) >= 11 is 1.34. The van der Waals surface area contributed by atoms with Gasteiger partial charge in [-0.1, -0.05) is 13.8 Å². The predicted molar refractivity (Wildman–Crippen MR) is 62.8 cm³/mol. The molecule has 1 aliphatic rings. The molecule has 1 heterocycles. The van der Waals surface area contributed by atoms with Crippen LogP contribution in [0.25, 0.3) is 0 Å². The zero-order valence-corrected chi connectivity index (χ0v) is 10.3. The van der Waals surface area contributed by atoms with Gasteiger partial charge in [-0.25, -0.2) is 4.79 Å². The molecule has 3 nitrogen and oxygen atoms in total. The molecule has 1 aliphatic carbocycles. The molecule has 0 radical (unpaired) electrons. The maximum Gasteiger partial charge on any atom is 0.336 e. The number of carbonyl (C=O) groups is 1. The normalized spacial score (nSPS) is 28.2. The van der Waals surface area contributed by atoms with Crippen molar-refractivity contribution in [3.05, 3.63) is 21.9 Å². The lowest BCUT2D eigenvalue weighted by molar-refractivity contribution is 0.0349. The van der Waals surface area contributed by atoms with Gasteiger partial charge in [0.25, 0.3) is 0 Å². The van der Waals surface area contributed by atoms with E-state index in [1.807, 2.05) is 0 Å². The van der Waals surface area contributed by atoms with Gasteiger partial charge in [0.1, 0.15) is 5.60 Å².